The lowest BCUT2D eigenvalue weighted by Gasteiger charge is -2.28. The summed E-state index contributed by atoms with van der Waals surface area (Å²) in [5, 5.41) is 19.5. The first-order valence-electron chi connectivity index (χ1n) is 14.8. The second kappa shape index (κ2) is 14.5. The van der Waals surface area contributed by atoms with Crippen molar-refractivity contribution in [2.75, 3.05) is 0 Å². The SMILES string of the molecule is C.O=C(O)CC1CCC(c2ccnc3ccc(F)cc23)CC1.O=C(O)CC1CCC(c2ccnc3ccc(F)cc23)CC1. The maximum Gasteiger partial charge on any atom is 0.303 e. The van der Waals surface area contributed by atoms with Crippen LogP contribution in [-0.4, -0.2) is 32.1 Å². The van der Waals surface area contributed by atoms with Gasteiger partial charge in [-0.2, -0.15) is 0 Å². The number of pyridine rings is 2. The zero-order valence-electron chi connectivity index (χ0n) is 23.5. The molecule has 228 valence electrons. The lowest BCUT2D eigenvalue weighted by Crippen LogP contribution is -2.16. The number of carboxylic acids is 2. The van der Waals surface area contributed by atoms with Crippen LogP contribution in [0.4, 0.5) is 8.78 Å². The number of benzene rings is 2. The molecule has 2 heterocycles. The summed E-state index contributed by atoms with van der Waals surface area (Å²) in [7, 11) is 0. The van der Waals surface area contributed by atoms with Crippen molar-refractivity contribution in [1.82, 2.24) is 9.97 Å². The Bertz CT molecular complexity index is 1440. The van der Waals surface area contributed by atoms with Crippen LogP contribution in [0, 0.1) is 23.5 Å². The van der Waals surface area contributed by atoms with Crippen molar-refractivity contribution in [1.29, 1.82) is 0 Å². The number of aliphatic carboxylic acids is 2. The summed E-state index contributed by atoms with van der Waals surface area (Å²) in [4.78, 5) is 30.1. The Hall–Kier alpha value is -3.94. The van der Waals surface area contributed by atoms with E-state index >= 15 is 0 Å². The number of hydrogen-bond donors (Lipinski definition) is 2. The molecule has 0 amide bonds. The molecule has 43 heavy (non-hydrogen) atoms. The normalized spacial score (nSPS) is 21.8. The molecule has 2 aromatic heterocycles. The van der Waals surface area contributed by atoms with Crippen LogP contribution in [-0.2, 0) is 9.59 Å². The van der Waals surface area contributed by atoms with Gasteiger partial charge in [0.25, 0.3) is 0 Å². The molecule has 2 saturated carbocycles. The van der Waals surface area contributed by atoms with Crippen molar-refractivity contribution in [2.24, 2.45) is 11.8 Å². The van der Waals surface area contributed by atoms with Crippen molar-refractivity contribution < 1.29 is 28.6 Å². The number of rotatable bonds is 6. The number of aromatic nitrogens is 2. The van der Waals surface area contributed by atoms with Gasteiger partial charge in [0.1, 0.15) is 11.6 Å². The van der Waals surface area contributed by atoms with Crippen molar-refractivity contribution >= 4 is 33.7 Å². The molecule has 4 aromatic rings. The van der Waals surface area contributed by atoms with E-state index in [4.69, 9.17) is 10.2 Å². The minimum Gasteiger partial charge on any atom is -0.481 e. The Morgan fingerprint density at radius 3 is 1.35 bits per heavy atom. The third-order valence-corrected chi connectivity index (χ3v) is 8.97. The smallest absolute Gasteiger partial charge is 0.303 e. The zero-order chi connectivity index (χ0) is 29.6. The van der Waals surface area contributed by atoms with Gasteiger partial charge in [-0.1, -0.05) is 7.43 Å². The molecule has 2 aliphatic rings. The predicted octanol–water partition coefficient (Wildman–Crippen LogP) is 8.88. The summed E-state index contributed by atoms with van der Waals surface area (Å²) in [6.07, 6.45) is 11.6. The van der Waals surface area contributed by atoms with Gasteiger partial charge in [0.15, 0.2) is 0 Å². The minimum absolute atomic E-state index is 0. The average Bonchev–Trinajstić information content (AvgIpc) is 2.97. The number of fused-ring (bicyclic) bond motifs is 2. The predicted molar refractivity (Wildman–Crippen MR) is 164 cm³/mol. The highest BCUT2D eigenvalue weighted by molar-refractivity contribution is 5.83. The van der Waals surface area contributed by atoms with Gasteiger partial charge >= 0.3 is 11.9 Å². The largest absolute Gasteiger partial charge is 0.481 e. The first kappa shape index (κ1) is 32.0. The molecule has 2 fully saturated rings. The van der Waals surface area contributed by atoms with Crippen LogP contribution in [0.1, 0.15) is 94.6 Å². The standard InChI is InChI=1S/2C17H18FNO2.CH4/c2*18-13-5-6-16-15(10-13)14(7-8-19-16)12-3-1-11(2-4-12)9-17(20)21;/h2*5-8,10-12H,1-4,9H2,(H,20,21);1H4. The molecular weight excluding hydrogens is 550 g/mol. The van der Waals surface area contributed by atoms with E-state index in [2.05, 4.69) is 9.97 Å². The van der Waals surface area contributed by atoms with E-state index in [1.54, 1.807) is 36.7 Å². The van der Waals surface area contributed by atoms with Crippen LogP contribution in [0.15, 0.2) is 60.9 Å². The fourth-order valence-corrected chi connectivity index (χ4v) is 6.84. The molecule has 6 rings (SSSR count). The first-order valence-corrected chi connectivity index (χ1v) is 14.8. The summed E-state index contributed by atoms with van der Waals surface area (Å²) in [5.74, 6) is -0.589. The van der Waals surface area contributed by atoms with Crippen molar-refractivity contribution in [3.05, 3.63) is 83.7 Å². The van der Waals surface area contributed by atoms with Crippen LogP contribution >= 0.6 is 0 Å². The molecule has 0 unspecified atom stereocenters. The third kappa shape index (κ3) is 8.12. The Morgan fingerprint density at radius 2 is 1.00 bits per heavy atom. The van der Waals surface area contributed by atoms with Gasteiger partial charge in [-0.3, -0.25) is 19.6 Å². The van der Waals surface area contributed by atoms with E-state index < -0.39 is 11.9 Å². The van der Waals surface area contributed by atoms with Gasteiger partial charge in [0.2, 0.25) is 0 Å². The summed E-state index contributed by atoms with van der Waals surface area (Å²) in [6, 6.07) is 13.4. The highest BCUT2D eigenvalue weighted by Gasteiger charge is 2.26. The van der Waals surface area contributed by atoms with Gasteiger partial charge in [-0.25, -0.2) is 8.78 Å². The van der Waals surface area contributed by atoms with E-state index in [0.717, 1.165) is 84.3 Å². The molecule has 6 nitrogen and oxygen atoms in total. The molecule has 2 aromatic carbocycles. The highest BCUT2D eigenvalue weighted by Crippen LogP contribution is 2.40. The fraction of sp³-hybridized carbons (Fsp3) is 0.429. The Labute approximate surface area is 251 Å². The number of nitrogens with zero attached hydrogens (tertiary/aromatic N) is 2. The Morgan fingerprint density at radius 1 is 0.628 bits per heavy atom. The quantitative estimate of drug-likeness (QED) is 0.233. The number of carbonyl (C=O) groups is 2. The maximum absolute atomic E-state index is 13.5. The Kier molecular flexibility index (Phi) is 10.8. The molecule has 0 aliphatic heterocycles. The molecule has 0 saturated heterocycles. The summed E-state index contributed by atoms with van der Waals surface area (Å²) in [6.45, 7) is 0. The molecule has 0 spiro atoms. The summed E-state index contributed by atoms with van der Waals surface area (Å²) >= 11 is 0. The van der Waals surface area contributed by atoms with Gasteiger partial charge in [0, 0.05) is 36.0 Å². The van der Waals surface area contributed by atoms with Crippen LogP contribution in [0.2, 0.25) is 0 Å². The minimum atomic E-state index is -0.713. The van der Waals surface area contributed by atoms with Gasteiger partial charge in [-0.15, -0.1) is 0 Å². The molecule has 2 aliphatic carbocycles. The molecule has 0 radical (unpaired) electrons. The average molecular weight is 591 g/mol. The van der Waals surface area contributed by atoms with E-state index in [1.807, 2.05) is 12.1 Å². The van der Waals surface area contributed by atoms with Crippen LogP contribution in [0.5, 0.6) is 0 Å². The van der Waals surface area contributed by atoms with E-state index in [1.165, 1.54) is 12.1 Å². The van der Waals surface area contributed by atoms with Crippen LogP contribution < -0.4 is 0 Å². The zero-order valence-corrected chi connectivity index (χ0v) is 23.5. The second-order valence-corrected chi connectivity index (χ2v) is 11.8. The summed E-state index contributed by atoms with van der Waals surface area (Å²) in [5.41, 5.74) is 3.93. The van der Waals surface area contributed by atoms with E-state index in [0.29, 0.717) is 11.8 Å². The third-order valence-electron chi connectivity index (χ3n) is 8.97. The van der Waals surface area contributed by atoms with Gasteiger partial charge in [0.05, 0.1) is 11.0 Å². The van der Waals surface area contributed by atoms with Crippen molar-refractivity contribution in [3.63, 3.8) is 0 Å². The topological polar surface area (TPSA) is 100 Å². The molecule has 0 atom stereocenters. The monoisotopic (exact) mass is 590 g/mol. The number of hydrogen-bond acceptors (Lipinski definition) is 4. The van der Waals surface area contributed by atoms with E-state index in [-0.39, 0.29) is 43.7 Å². The van der Waals surface area contributed by atoms with Crippen molar-refractivity contribution in [2.45, 2.75) is 83.5 Å². The lowest BCUT2D eigenvalue weighted by atomic mass is 9.77. The molecule has 8 heteroatoms. The molecule has 0 bridgehead atoms. The van der Waals surface area contributed by atoms with Crippen molar-refractivity contribution in [3.8, 4) is 0 Å². The lowest BCUT2D eigenvalue weighted by molar-refractivity contribution is -0.139. The summed E-state index contributed by atoms with van der Waals surface area (Å²) < 4.78 is 27.0. The molecular formula is C35H40F2N2O4. The Balaban J connectivity index is 0.000000192. The second-order valence-electron chi connectivity index (χ2n) is 11.8. The molecule has 2 N–H and O–H groups in total. The van der Waals surface area contributed by atoms with Gasteiger partial charge < -0.3 is 10.2 Å². The number of carboxylic acid groups (broad SMARTS) is 2. The van der Waals surface area contributed by atoms with Gasteiger partial charge in [-0.05, 0) is 135 Å². The van der Waals surface area contributed by atoms with Crippen LogP contribution in [0.25, 0.3) is 21.8 Å². The van der Waals surface area contributed by atoms with Crippen LogP contribution in [0.3, 0.4) is 0 Å². The van der Waals surface area contributed by atoms with E-state index in [9.17, 15) is 18.4 Å². The fourth-order valence-electron chi connectivity index (χ4n) is 6.84. The first-order chi connectivity index (χ1) is 20.3. The number of halogens is 2. The maximum atomic E-state index is 13.5. The highest BCUT2D eigenvalue weighted by atomic mass is 19.1.